The third kappa shape index (κ3) is 4.69. The standard InChI is InChI=1S/C17H22N4O4/c1-12-18-16(25-20-12)11-24-15-7-4-8-21(10-15)17(22)19-13-5-3-6-14(9-13)23-2/h3,5-6,9,15H,4,7-8,10-11H2,1-2H3,(H,19,22). The summed E-state index contributed by atoms with van der Waals surface area (Å²) in [4.78, 5) is 18.3. The number of hydrogen-bond acceptors (Lipinski definition) is 6. The smallest absolute Gasteiger partial charge is 0.321 e. The summed E-state index contributed by atoms with van der Waals surface area (Å²) < 4.78 is 16.0. The van der Waals surface area contributed by atoms with E-state index in [2.05, 4.69) is 15.5 Å². The molecule has 0 aliphatic carbocycles. The van der Waals surface area contributed by atoms with Gasteiger partial charge in [0.2, 0.25) is 0 Å². The van der Waals surface area contributed by atoms with Crippen LogP contribution in [-0.4, -0.2) is 47.4 Å². The molecule has 1 aromatic carbocycles. The van der Waals surface area contributed by atoms with Crippen molar-refractivity contribution in [2.75, 3.05) is 25.5 Å². The average Bonchev–Trinajstić information content (AvgIpc) is 3.06. The molecule has 0 saturated carbocycles. The van der Waals surface area contributed by atoms with Gasteiger partial charge in [-0.05, 0) is 31.9 Å². The molecular formula is C17H22N4O4. The summed E-state index contributed by atoms with van der Waals surface area (Å²) in [7, 11) is 1.60. The van der Waals surface area contributed by atoms with Crippen molar-refractivity contribution in [3.63, 3.8) is 0 Å². The van der Waals surface area contributed by atoms with Crippen LogP contribution in [0.5, 0.6) is 5.75 Å². The van der Waals surface area contributed by atoms with Crippen molar-refractivity contribution in [1.29, 1.82) is 0 Å². The average molecular weight is 346 g/mol. The highest BCUT2D eigenvalue weighted by atomic mass is 16.5. The lowest BCUT2D eigenvalue weighted by atomic mass is 10.1. The molecule has 1 fully saturated rings. The Kier molecular flexibility index (Phi) is 5.49. The molecule has 1 aliphatic rings. The maximum Gasteiger partial charge on any atom is 0.321 e. The van der Waals surface area contributed by atoms with Gasteiger partial charge in [-0.25, -0.2) is 4.79 Å². The molecule has 2 aromatic rings. The lowest BCUT2D eigenvalue weighted by Gasteiger charge is -2.32. The Labute approximate surface area is 146 Å². The molecule has 3 rings (SSSR count). The normalized spacial score (nSPS) is 17.4. The van der Waals surface area contributed by atoms with Gasteiger partial charge in [0.1, 0.15) is 12.4 Å². The van der Waals surface area contributed by atoms with Crippen molar-refractivity contribution >= 4 is 11.7 Å². The van der Waals surface area contributed by atoms with Crippen molar-refractivity contribution in [1.82, 2.24) is 15.0 Å². The molecule has 0 radical (unpaired) electrons. The van der Waals surface area contributed by atoms with Crippen LogP contribution in [0.4, 0.5) is 10.5 Å². The third-order valence-corrected chi connectivity index (χ3v) is 4.00. The molecule has 1 aromatic heterocycles. The monoisotopic (exact) mass is 346 g/mol. The van der Waals surface area contributed by atoms with Crippen molar-refractivity contribution in [2.24, 2.45) is 0 Å². The van der Waals surface area contributed by atoms with E-state index in [0.717, 1.165) is 12.8 Å². The summed E-state index contributed by atoms with van der Waals surface area (Å²) in [5, 5.41) is 6.63. The van der Waals surface area contributed by atoms with Crippen LogP contribution >= 0.6 is 0 Å². The fourth-order valence-corrected chi connectivity index (χ4v) is 2.75. The molecule has 8 nitrogen and oxygen atoms in total. The fourth-order valence-electron chi connectivity index (χ4n) is 2.75. The number of urea groups is 1. The van der Waals surface area contributed by atoms with Crippen molar-refractivity contribution in [3.05, 3.63) is 36.0 Å². The van der Waals surface area contributed by atoms with Gasteiger partial charge in [-0.15, -0.1) is 0 Å². The van der Waals surface area contributed by atoms with E-state index in [0.29, 0.717) is 36.2 Å². The lowest BCUT2D eigenvalue weighted by Crippen LogP contribution is -2.45. The highest BCUT2D eigenvalue weighted by molar-refractivity contribution is 5.89. The minimum atomic E-state index is -0.143. The van der Waals surface area contributed by atoms with Crippen molar-refractivity contribution in [3.8, 4) is 5.75 Å². The molecule has 8 heteroatoms. The van der Waals surface area contributed by atoms with E-state index >= 15 is 0 Å². The zero-order chi connectivity index (χ0) is 17.6. The Morgan fingerprint density at radius 1 is 1.48 bits per heavy atom. The maximum absolute atomic E-state index is 12.5. The van der Waals surface area contributed by atoms with Gasteiger partial charge in [-0.2, -0.15) is 4.98 Å². The van der Waals surface area contributed by atoms with Crippen LogP contribution in [0, 0.1) is 6.92 Å². The largest absolute Gasteiger partial charge is 0.497 e. The quantitative estimate of drug-likeness (QED) is 0.895. The van der Waals surface area contributed by atoms with Crippen LogP contribution in [0.15, 0.2) is 28.8 Å². The number of hydrogen-bond donors (Lipinski definition) is 1. The SMILES string of the molecule is COc1cccc(NC(=O)N2CCCC(OCc3nc(C)no3)C2)c1. The Hall–Kier alpha value is -2.61. The number of nitrogens with one attached hydrogen (secondary N) is 1. The Balaban J connectivity index is 1.52. The molecule has 1 saturated heterocycles. The number of carbonyl (C=O) groups is 1. The van der Waals surface area contributed by atoms with Gasteiger partial charge < -0.3 is 24.2 Å². The number of ether oxygens (including phenoxy) is 2. The van der Waals surface area contributed by atoms with Gasteiger partial charge in [-0.1, -0.05) is 11.2 Å². The van der Waals surface area contributed by atoms with Gasteiger partial charge in [0.15, 0.2) is 5.82 Å². The number of aromatic nitrogens is 2. The number of aryl methyl sites for hydroxylation is 1. The molecule has 25 heavy (non-hydrogen) atoms. The van der Waals surface area contributed by atoms with E-state index in [9.17, 15) is 4.79 Å². The van der Waals surface area contributed by atoms with E-state index in [1.54, 1.807) is 25.0 Å². The van der Waals surface area contributed by atoms with Crippen molar-refractivity contribution < 1.29 is 18.8 Å². The molecule has 1 unspecified atom stereocenters. The first-order chi connectivity index (χ1) is 12.1. The second-order valence-electron chi connectivity index (χ2n) is 5.92. The second kappa shape index (κ2) is 7.98. The summed E-state index contributed by atoms with van der Waals surface area (Å²) in [6.45, 7) is 3.26. The number of likely N-dealkylation sites (tertiary alicyclic amines) is 1. The van der Waals surface area contributed by atoms with Gasteiger partial charge in [0, 0.05) is 24.8 Å². The Bertz CT molecular complexity index is 718. The number of piperidine rings is 1. The van der Waals surface area contributed by atoms with Gasteiger partial charge in [0.05, 0.1) is 13.2 Å². The van der Waals surface area contributed by atoms with Gasteiger partial charge in [0.25, 0.3) is 5.89 Å². The number of nitrogens with zero attached hydrogens (tertiary/aromatic N) is 3. The summed E-state index contributed by atoms with van der Waals surface area (Å²) in [5.41, 5.74) is 0.703. The Morgan fingerprint density at radius 2 is 2.36 bits per heavy atom. The molecule has 1 aliphatic heterocycles. The van der Waals surface area contributed by atoms with Crippen LogP contribution in [-0.2, 0) is 11.3 Å². The van der Waals surface area contributed by atoms with E-state index in [1.807, 2.05) is 18.2 Å². The zero-order valence-corrected chi connectivity index (χ0v) is 14.4. The molecule has 0 bridgehead atoms. The minimum absolute atomic E-state index is 0.0444. The minimum Gasteiger partial charge on any atom is -0.497 e. The number of carbonyl (C=O) groups excluding carboxylic acids is 1. The van der Waals surface area contributed by atoms with Crippen molar-refractivity contribution in [2.45, 2.75) is 32.5 Å². The predicted molar refractivity (Wildman–Crippen MR) is 90.4 cm³/mol. The van der Waals surface area contributed by atoms with Crippen LogP contribution in [0.2, 0.25) is 0 Å². The Morgan fingerprint density at radius 3 is 3.12 bits per heavy atom. The number of amides is 2. The third-order valence-electron chi connectivity index (χ3n) is 4.00. The van der Waals surface area contributed by atoms with E-state index < -0.39 is 0 Å². The molecule has 1 atom stereocenters. The molecule has 134 valence electrons. The maximum atomic E-state index is 12.5. The summed E-state index contributed by atoms with van der Waals surface area (Å²) in [5.74, 6) is 1.74. The highest BCUT2D eigenvalue weighted by Crippen LogP contribution is 2.19. The predicted octanol–water partition coefficient (Wildman–Crippen LogP) is 2.60. The van der Waals surface area contributed by atoms with Crippen LogP contribution < -0.4 is 10.1 Å². The molecular weight excluding hydrogens is 324 g/mol. The van der Waals surface area contributed by atoms with E-state index in [4.69, 9.17) is 14.0 Å². The van der Waals surface area contributed by atoms with Crippen LogP contribution in [0.1, 0.15) is 24.6 Å². The zero-order valence-electron chi connectivity index (χ0n) is 14.4. The second-order valence-corrected chi connectivity index (χ2v) is 5.92. The number of methoxy groups -OCH3 is 1. The summed E-state index contributed by atoms with van der Waals surface area (Å²) in [6.07, 6.45) is 1.74. The molecule has 2 amide bonds. The lowest BCUT2D eigenvalue weighted by molar-refractivity contribution is -0.00916. The van der Waals surface area contributed by atoms with Crippen LogP contribution in [0.25, 0.3) is 0 Å². The number of benzene rings is 1. The molecule has 2 heterocycles. The topological polar surface area (TPSA) is 89.7 Å². The summed E-state index contributed by atoms with van der Waals surface area (Å²) in [6, 6.07) is 7.14. The van der Waals surface area contributed by atoms with Gasteiger partial charge >= 0.3 is 6.03 Å². The fraction of sp³-hybridized carbons (Fsp3) is 0.471. The molecule has 1 N–H and O–H groups in total. The van der Waals surface area contributed by atoms with E-state index in [-0.39, 0.29) is 18.7 Å². The first kappa shape index (κ1) is 17.2. The molecule has 0 spiro atoms. The van der Waals surface area contributed by atoms with E-state index in [1.165, 1.54) is 0 Å². The number of rotatable bonds is 5. The summed E-state index contributed by atoms with van der Waals surface area (Å²) >= 11 is 0. The van der Waals surface area contributed by atoms with Gasteiger partial charge in [-0.3, -0.25) is 0 Å². The number of anilines is 1. The highest BCUT2D eigenvalue weighted by Gasteiger charge is 2.24. The van der Waals surface area contributed by atoms with Crippen LogP contribution in [0.3, 0.4) is 0 Å². The first-order valence-electron chi connectivity index (χ1n) is 8.25. The first-order valence-corrected chi connectivity index (χ1v) is 8.25.